The molecule has 0 saturated heterocycles. The standard InChI is InChI=1S/C20H12F4N4O2/c21-15-6-4-12(5-7-15)16-8-9-18(29)28(26-16)11-17-25-19(27-30-17)13-2-1-3-14(10-13)20(22,23)24/h1-10H,11H2. The van der Waals surface area contributed by atoms with Gasteiger partial charge in [0, 0.05) is 17.2 Å². The highest BCUT2D eigenvalue weighted by atomic mass is 19.4. The van der Waals surface area contributed by atoms with Crippen molar-refractivity contribution in [3.8, 4) is 22.6 Å². The smallest absolute Gasteiger partial charge is 0.337 e. The van der Waals surface area contributed by atoms with Crippen LogP contribution in [0.2, 0.25) is 0 Å². The lowest BCUT2D eigenvalue weighted by molar-refractivity contribution is -0.137. The van der Waals surface area contributed by atoms with Crippen LogP contribution in [0.1, 0.15) is 11.5 Å². The summed E-state index contributed by atoms with van der Waals surface area (Å²) in [7, 11) is 0. The van der Waals surface area contributed by atoms with Gasteiger partial charge < -0.3 is 4.52 Å². The Hall–Kier alpha value is -3.82. The van der Waals surface area contributed by atoms with Crippen LogP contribution in [0.5, 0.6) is 0 Å². The summed E-state index contributed by atoms with van der Waals surface area (Å²) in [4.78, 5) is 16.2. The molecular formula is C20H12F4N4O2. The van der Waals surface area contributed by atoms with Crippen molar-refractivity contribution >= 4 is 0 Å². The minimum absolute atomic E-state index is 0.00623. The highest BCUT2D eigenvalue weighted by Crippen LogP contribution is 2.31. The van der Waals surface area contributed by atoms with Gasteiger partial charge in [-0.05, 0) is 42.5 Å². The fourth-order valence-corrected chi connectivity index (χ4v) is 2.74. The molecule has 30 heavy (non-hydrogen) atoms. The van der Waals surface area contributed by atoms with E-state index in [-0.39, 0.29) is 23.8 Å². The molecule has 0 N–H and O–H groups in total. The van der Waals surface area contributed by atoms with Crippen molar-refractivity contribution in [2.75, 3.05) is 0 Å². The maximum absolute atomic E-state index is 13.1. The highest BCUT2D eigenvalue weighted by molar-refractivity contribution is 5.58. The van der Waals surface area contributed by atoms with Gasteiger partial charge in [0.05, 0.1) is 11.3 Å². The number of halogens is 4. The van der Waals surface area contributed by atoms with E-state index in [2.05, 4.69) is 15.2 Å². The zero-order chi connectivity index (χ0) is 21.3. The first-order valence-corrected chi connectivity index (χ1v) is 8.64. The van der Waals surface area contributed by atoms with Crippen molar-refractivity contribution in [1.29, 1.82) is 0 Å². The third-order valence-electron chi connectivity index (χ3n) is 4.21. The topological polar surface area (TPSA) is 73.8 Å². The first kappa shape index (κ1) is 19.5. The lowest BCUT2D eigenvalue weighted by Gasteiger charge is -2.06. The molecule has 0 spiro atoms. The largest absolute Gasteiger partial charge is 0.416 e. The number of alkyl halides is 3. The van der Waals surface area contributed by atoms with E-state index in [1.807, 2.05) is 0 Å². The Balaban J connectivity index is 1.61. The number of hydrogen-bond donors (Lipinski definition) is 0. The van der Waals surface area contributed by atoms with Crippen LogP contribution < -0.4 is 5.56 Å². The fourth-order valence-electron chi connectivity index (χ4n) is 2.74. The van der Waals surface area contributed by atoms with E-state index in [0.29, 0.717) is 11.3 Å². The summed E-state index contributed by atoms with van der Waals surface area (Å²) in [6.45, 7) is -0.181. The van der Waals surface area contributed by atoms with Crippen LogP contribution in [0.3, 0.4) is 0 Å². The Morgan fingerprint density at radius 3 is 2.47 bits per heavy atom. The Morgan fingerprint density at radius 2 is 1.73 bits per heavy atom. The average Bonchev–Trinajstić information content (AvgIpc) is 3.18. The summed E-state index contributed by atoms with van der Waals surface area (Å²) in [5.41, 5.74) is -0.135. The normalized spacial score (nSPS) is 11.6. The number of nitrogens with zero attached hydrogens (tertiary/aromatic N) is 4. The summed E-state index contributed by atoms with van der Waals surface area (Å²) < 4.78 is 57.9. The molecule has 0 radical (unpaired) electrons. The molecule has 0 aliphatic heterocycles. The minimum Gasteiger partial charge on any atom is -0.337 e. The summed E-state index contributed by atoms with van der Waals surface area (Å²) >= 11 is 0. The predicted octanol–water partition coefficient (Wildman–Crippen LogP) is 4.17. The van der Waals surface area contributed by atoms with E-state index in [9.17, 15) is 22.4 Å². The third-order valence-corrected chi connectivity index (χ3v) is 4.21. The van der Waals surface area contributed by atoms with Crippen molar-refractivity contribution in [1.82, 2.24) is 19.9 Å². The van der Waals surface area contributed by atoms with Crippen LogP contribution >= 0.6 is 0 Å². The maximum atomic E-state index is 13.1. The van der Waals surface area contributed by atoms with E-state index in [4.69, 9.17) is 4.52 Å². The lowest BCUT2D eigenvalue weighted by atomic mass is 10.1. The molecule has 4 rings (SSSR count). The molecule has 0 aliphatic carbocycles. The SMILES string of the molecule is O=c1ccc(-c2ccc(F)cc2)nn1Cc1nc(-c2cccc(C(F)(F)F)c2)no1. The maximum Gasteiger partial charge on any atom is 0.416 e. The average molecular weight is 416 g/mol. The second-order valence-electron chi connectivity index (χ2n) is 6.31. The van der Waals surface area contributed by atoms with Gasteiger partial charge in [0.1, 0.15) is 12.4 Å². The molecule has 0 saturated carbocycles. The van der Waals surface area contributed by atoms with Gasteiger partial charge in [0.15, 0.2) is 0 Å². The molecule has 10 heteroatoms. The molecule has 0 atom stereocenters. The second-order valence-corrected chi connectivity index (χ2v) is 6.31. The summed E-state index contributed by atoms with van der Waals surface area (Å²) in [5.74, 6) is -0.452. The summed E-state index contributed by atoms with van der Waals surface area (Å²) in [5, 5.41) is 7.89. The number of benzene rings is 2. The van der Waals surface area contributed by atoms with Gasteiger partial charge in [-0.2, -0.15) is 23.3 Å². The molecule has 0 bridgehead atoms. The Morgan fingerprint density at radius 1 is 0.967 bits per heavy atom. The molecule has 2 aromatic carbocycles. The van der Waals surface area contributed by atoms with Crippen molar-refractivity contribution in [2.24, 2.45) is 0 Å². The van der Waals surface area contributed by atoms with Crippen molar-refractivity contribution in [3.63, 3.8) is 0 Å². The van der Waals surface area contributed by atoms with Crippen LogP contribution in [0.15, 0.2) is 70.0 Å². The van der Waals surface area contributed by atoms with Crippen molar-refractivity contribution in [3.05, 3.63) is 88.3 Å². The van der Waals surface area contributed by atoms with Gasteiger partial charge in [-0.25, -0.2) is 9.07 Å². The number of rotatable bonds is 4. The molecule has 0 aliphatic rings. The molecule has 152 valence electrons. The van der Waals surface area contributed by atoms with Crippen LogP contribution in [-0.4, -0.2) is 19.9 Å². The Kier molecular flexibility index (Phi) is 4.90. The van der Waals surface area contributed by atoms with Gasteiger partial charge in [0.2, 0.25) is 11.7 Å². The number of aromatic nitrogens is 4. The van der Waals surface area contributed by atoms with Crippen LogP contribution in [0, 0.1) is 5.82 Å². The predicted molar refractivity (Wildman–Crippen MR) is 97.7 cm³/mol. The van der Waals surface area contributed by atoms with Gasteiger partial charge in [-0.1, -0.05) is 17.3 Å². The Labute approximate surface area is 166 Å². The second kappa shape index (κ2) is 7.54. The highest BCUT2D eigenvalue weighted by Gasteiger charge is 2.30. The van der Waals surface area contributed by atoms with E-state index >= 15 is 0 Å². The fraction of sp³-hybridized carbons (Fsp3) is 0.100. The zero-order valence-electron chi connectivity index (χ0n) is 15.1. The monoisotopic (exact) mass is 416 g/mol. The van der Waals surface area contributed by atoms with Crippen LogP contribution in [-0.2, 0) is 12.7 Å². The number of hydrogen-bond acceptors (Lipinski definition) is 5. The molecule has 6 nitrogen and oxygen atoms in total. The lowest BCUT2D eigenvalue weighted by Crippen LogP contribution is -2.23. The molecule has 2 aromatic heterocycles. The van der Waals surface area contributed by atoms with Crippen LogP contribution in [0.4, 0.5) is 17.6 Å². The van der Waals surface area contributed by atoms with Gasteiger partial charge in [-0.3, -0.25) is 4.79 Å². The molecule has 4 aromatic rings. The van der Waals surface area contributed by atoms with E-state index in [0.717, 1.165) is 16.8 Å². The van der Waals surface area contributed by atoms with Gasteiger partial charge in [-0.15, -0.1) is 0 Å². The van der Waals surface area contributed by atoms with Gasteiger partial charge in [0.25, 0.3) is 5.56 Å². The van der Waals surface area contributed by atoms with E-state index in [1.54, 1.807) is 0 Å². The summed E-state index contributed by atoms with van der Waals surface area (Å²) in [6.07, 6.45) is -4.50. The van der Waals surface area contributed by atoms with Crippen molar-refractivity contribution in [2.45, 2.75) is 12.7 Å². The van der Waals surface area contributed by atoms with Crippen molar-refractivity contribution < 1.29 is 22.1 Å². The molecular weight excluding hydrogens is 404 g/mol. The molecule has 2 heterocycles. The van der Waals surface area contributed by atoms with E-state index in [1.165, 1.54) is 48.5 Å². The van der Waals surface area contributed by atoms with Gasteiger partial charge >= 0.3 is 6.18 Å². The minimum atomic E-state index is -4.50. The third kappa shape index (κ3) is 4.12. The zero-order valence-corrected chi connectivity index (χ0v) is 15.1. The first-order valence-electron chi connectivity index (χ1n) is 8.64. The van der Waals surface area contributed by atoms with Crippen LogP contribution in [0.25, 0.3) is 22.6 Å². The van der Waals surface area contributed by atoms with E-state index < -0.39 is 23.1 Å². The molecule has 0 unspecified atom stereocenters. The quantitative estimate of drug-likeness (QED) is 0.467. The Bertz CT molecular complexity index is 1250. The summed E-state index contributed by atoms with van der Waals surface area (Å²) in [6, 6.07) is 12.9. The molecule has 0 amide bonds. The first-order chi connectivity index (χ1) is 14.3. The molecule has 0 fully saturated rings.